The molecule has 15 amide bonds. The highest BCUT2D eigenvalue weighted by Crippen LogP contribution is 2.38. The number of para-hydroxylation sites is 2. The van der Waals surface area contributed by atoms with Crippen LogP contribution in [0.25, 0.3) is 21.8 Å². The molecule has 5 aromatic rings. The number of carboxylic acid groups (broad SMARTS) is 3. The van der Waals surface area contributed by atoms with E-state index >= 15 is 18.8 Å². The lowest BCUT2D eigenvalue weighted by molar-refractivity contribution is -0.146. The molecule has 2 aliphatic heterocycles. The van der Waals surface area contributed by atoms with E-state index in [1.165, 1.54) is 43.2 Å². The lowest BCUT2D eigenvalue weighted by Crippen LogP contribution is -2.58. The number of H-pyrrole nitrogens is 2. The Kier molecular flexibility index (Phi) is 47.2. The number of amides is 15. The highest BCUT2D eigenvalue weighted by Gasteiger charge is 2.42. The number of carbonyl (C=O) groups is 19. The van der Waals surface area contributed by atoms with Crippen molar-refractivity contribution in [3.05, 3.63) is 125 Å². The van der Waals surface area contributed by atoms with Gasteiger partial charge < -0.3 is 118 Å². The zero-order valence-electron chi connectivity index (χ0n) is 79.6. The van der Waals surface area contributed by atoms with Gasteiger partial charge in [0, 0.05) is 98.0 Å². The number of hydrogen-bond donors (Lipinski definition) is 18. The summed E-state index contributed by atoms with van der Waals surface area (Å²) in [6.45, 7) is 17.0. The number of halogens is 1. The van der Waals surface area contributed by atoms with Crippen molar-refractivity contribution in [2.24, 2.45) is 26.8 Å². The minimum atomic E-state index is -2.33. The summed E-state index contributed by atoms with van der Waals surface area (Å²) in [5, 5.41) is 72.0. The third-order valence-corrected chi connectivity index (χ3v) is 24.0. The molecule has 18 N–H and O–H groups in total. The Balaban J connectivity index is 1.28. The molecule has 0 aliphatic carbocycles. The molecular weight excluding hydrogens is 1920 g/mol. The standard InChI is InChI=1S/C93H120FN17O28S3/c1-11-135-30-31-136-27-24-73(113)95-26-29-138-33-32-137-28-25-78(120)139-72-22-20-54(36-60(72)94)42-98-74(114)39-68-86(126)104-64(34-49(2)3)82(122)99-45-75(115)102-63(21-23-76(116)117)83(123)105-65(35-50(4)5)88(128)110-79(51(6)7)91(131)107-67(38-56-44-97-62-19-15-13-17-59(56)62)85(125)109-71(90(130)111-80(92(132)133)93(10,134)41-57-46-140-57)48-142-141-47-70(108-87(127)69(40-77(118)119)101-53(9)112)89(129)100-52(8)81(121)103-66(84(124)106-68)37-55-43-96-61-18-14-12-16-58(55)61/h12-20,22,36,41,43-44,49-50,63-64,66-70,79-80,96-97,134H,6,11,21,23-35,37-40,42,45-48H2,1-5,7-10H3,(H,95,113)(H,98,114)(H,99,122)(H,101,112)(H,102,115)(H,103,121)(H,104,126)(H,106,124)(H,107,131)(H,108,127)(H,110,128)(H,111,130)(H,116,117)(H,118,119)(H,132,133)/b57-41+,100-52?,105-65?,109-71?/t63-,64-,66-,67-,68-,69-,70-,79-,80+,93+/m0/s1. The Bertz CT molecular complexity index is 5540. The number of nitrogens with zero attached hydrogens (tertiary/aromatic N) is 3. The van der Waals surface area contributed by atoms with E-state index in [1.54, 1.807) is 76.2 Å². The molecule has 0 unspecified atom stereocenters. The molecule has 49 heteroatoms. The maximum Gasteiger partial charge on any atom is 0.329 e. The molecule has 142 heavy (non-hydrogen) atoms. The van der Waals surface area contributed by atoms with Crippen molar-refractivity contribution >= 4 is 185 Å². The first-order valence-corrected chi connectivity index (χ1v) is 48.7. The molecule has 45 nitrogen and oxygen atoms in total. The van der Waals surface area contributed by atoms with E-state index < -0.39 is 270 Å². The van der Waals surface area contributed by atoms with Gasteiger partial charge in [0.05, 0.1) is 77.8 Å². The minimum Gasteiger partial charge on any atom is -0.481 e. The molecule has 1 fully saturated rings. The highest BCUT2D eigenvalue weighted by atomic mass is 33.1. The van der Waals surface area contributed by atoms with Crippen molar-refractivity contribution in [2.75, 3.05) is 83.2 Å². The zero-order chi connectivity index (χ0) is 104. The van der Waals surface area contributed by atoms with Crippen LogP contribution in [0.3, 0.4) is 0 Å². The average molecular weight is 2040 g/mol. The van der Waals surface area contributed by atoms with E-state index in [0.717, 1.165) is 32.9 Å². The van der Waals surface area contributed by atoms with Gasteiger partial charge in [-0.15, -0.1) is 11.8 Å². The molecule has 770 valence electrons. The van der Waals surface area contributed by atoms with Crippen LogP contribution in [-0.2, 0) is 129 Å². The van der Waals surface area contributed by atoms with E-state index in [0.29, 0.717) is 85.0 Å². The third kappa shape index (κ3) is 39.9. The number of rotatable bonds is 43. The van der Waals surface area contributed by atoms with Crippen LogP contribution in [0.5, 0.6) is 5.75 Å². The van der Waals surface area contributed by atoms with E-state index in [1.807, 2.05) is 6.92 Å². The quantitative estimate of drug-likeness (QED) is 0.00656. The van der Waals surface area contributed by atoms with Gasteiger partial charge in [0.2, 0.25) is 53.2 Å². The molecule has 0 radical (unpaired) electrons. The number of ether oxygens (including phenoxy) is 5. The number of carboxylic acids is 3. The van der Waals surface area contributed by atoms with E-state index in [2.05, 4.69) is 95.3 Å². The van der Waals surface area contributed by atoms with Crippen LogP contribution >= 0.6 is 33.3 Å². The Morgan fingerprint density at radius 3 is 1.83 bits per heavy atom. The largest absolute Gasteiger partial charge is 0.481 e. The number of aromatic amines is 2. The third-order valence-electron chi connectivity index (χ3n) is 21.0. The Labute approximate surface area is 827 Å². The van der Waals surface area contributed by atoms with E-state index in [9.17, 15) is 97.1 Å². The van der Waals surface area contributed by atoms with Gasteiger partial charge in [0.1, 0.15) is 71.1 Å². The van der Waals surface area contributed by atoms with Gasteiger partial charge in [-0.2, -0.15) is 0 Å². The van der Waals surface area contributed by atoms with Gasteiger partial charge in [0.15, 0.2) is 17.6 Å². The number of nitrogens with one attached hydrogen (secondary N) is 14. The summed E-state index contributed by atoms with van der Waals surface area (Å²) in [5.74, 6) is -26.8. The number of benzene rings is 3. The van der Waals surface area contributed by atoms with Gasteiger partial charge in [-0.25, -0.2) is 24.2 Å². The van der Waals surface area contributed by atoms with E-state index in [4.69, 9.17) is 23.7 Å². The number of esters is 1. The van der Waals surface area contributed by atoms with Crippen LogP contribution in [0.1, 0.15) is 130 Å². The molecule has 7 rings (SSSR count). The Morgan fingerprint density at radius 1 is 0.627 bits per heavy atom. The number of fused-ring (bicyclic) bond motifs is 2. The summed E-state index contributed by atoms with van der Waals surface area (Å²) in [5.41, 5.74) is -2.83. The molecule has 2 aliphatic rings. The predicted molar refractivity (Wildman–Crippen MR) is 519 cm³/mol. The fourth-order valence-corrected chi connectivity index (χ4v) is 16.4. The Hall–Kier alpha value is -13.5. The van der Waals surface area contributed by atoms with Gasteiger partial charge >= 0.3 is 23.9 Å². The van der Waals surface area contributed by atoms with Crippen molar-refractivity contribution in [1.29, 1.82) is 0 Å². The topological polar surface area (TPSA) is 664 Å². The number of thioether (sulfide) groups is 1. The van der Waals surface area contributed by atoms with Crippen molar-refractivity contribution in [3.63, 3.8) is 0 Å². The summed E-state index contributed by atoms with van der Waals surface area (Å²) in [6.07, 6.45) is -1.12. The van der Waals surface area contributed by atoms with Crippen molar-refractivity contribution < 1.29 is 140 Å². The minimum absolute atomic E-state index is 0.0544. The Morgan fingerprint density at radius 2 is 1.23 bits per heavy atom. The summed E-state index contributed by atoms with van der Waals surface area (Å²) >= 11 is 1.25. The maximum absolute atomic E-state index is 15.8. The van der Waals surface area contributed by atoms with Crippen molar-refractivity contribution in [3.8, 4) is 5.75 Å². The molecular formula is C93H120FN17O28S3. The summed E-state index contributed by atoms with van der Waals surface area (Å²) in [4.78, 5) is 285. The number of carbonyl (C=O) groups excluding carboxylic acids is 16. The van der Waals surface area contributed by atoms with E-state index in [-0.39, 0.29) is 82.3 Å². The molecule has 0 spiro atoms. The molecule has 3 aromatic carbocycles. The number of aromatic nitrogens is 2. The second kappa shape index (κ2) is 58.1. The first-order chi connectivity index (χ1) is 67.4. The summed E-state index contributed by atoms with van der Waals surface area (Å²) in [7, 11) is 1.20. The first kappa shape index (κ1) is 116. The zero-order valence-corrected chi connectivity index (χ0v) is 82.1. The highest BCUT2D eigenvalue weighted by molar-refractivity contribution is 8.76. The van der Waals surface area contributed by atoms with Crippen LogP contribution in [0, 0.1) is 17.7 Å². The number of aliphatic carboxylic acids is 3. The molecule has 10 atom stereocenters. The fourth-order valence-electron chi connectivity index (χ4n) is 13.8. The van der Waals surface area contributed by atoms with Crippen LogP contribution in [0.4, 0.5) is 4.39 Å². The first-order valence-electron chi connectivity index (χ1n) is 45.3. The second-order valence-electron chi connectivity index (χ2n) is 33.8. The fraction of sp³-hybridized carbons (Fsp3) is 0.484. The number of hydrogen-bond acceptors (Lipinski definition) is 28. The van der Waals surface area contributed by atoms with Crippen LogP contribution in [0.15, 0.2) is 117 Å². The van der Waals surface area contributed by atoms with Crippen LogP contribution < -0.4 is 68.5 Å². The molecule has 1 saturated heterocycles. The van der Waals surface area contributed by atoms with Crippen LogP contribution in [-0.4, -0.2) is 303 Å². The molecule has 2 aromatic heterocycles. The SMILES string of the molecule is C=C(C)[C@@H]1NC(=O)C(CC(C)C)=NC(=O)[C@H](CCC(=O)O)NC(=O)CNC(=O)[C@H](CC(C)C)NC(=O)[C@H](CC(=O)NCc2ccc(OC(=O)CCOCCOCCNC(=O)CCOCCOCC)c(F)c2)NC(=O)[C@H](Cc2c[nH]c3ccccc23)NC(=O)C(C)=NC(=O)[C@@H](NC(=O)[C@H](CC(=O)O)NC(C)=O)CSSCC(C(=O)N[C@H](C(=O)O)[C@](C)(O)/C=C2\CS2)=NC(=O)[C@H](Cc2c[nH]c3ccccc23)NC1=O. The van der Waals surface area contributed by atoms with Crippen molar-refractivity contribution in [1.82, 2.24) is 73.8 Å². The summed E-state index contributed by atoms with van der Waals surface area (Å²) in [6, 6.07) is -0.588. The number of aliphatic imine (C=N–C) groups is 3. The monoisotopic (exact) mass is 2040 g/mol. The molecule has 0 saturated carbocycles. The lowest BCUT2D eigenvalue weighted by Gasteiger charge is -2.27. The summed E-state index contributed by atoms with van der Waals surface area (Å²) < 4.78 is 42.4. The lowest BCUT2D eigenvalue weighted by atomic mass is 9.95. The van der Waals surface area contributed by atoms with Gasteiger partial charge in [0.25, 0.3) is 35.4 Å². The molecule has 4 heterocycles. The predicted octanol–water partition coefficient (Wildman–Crippen LogP) is 1.46. The maximum atomic E-state index is 15.8. The average Bonchev–Trinajstić information content (AvgIpc) is 1.59. The van der Waals surface area contributed by atoms with Gasteiger partial charge in [-0.05, 0) is 116 Å². The van der Waals surface area contributed by atoms with Crippen molar-refractivity contribution in [2.45, 2.75) is 193 Å². The smallest absolute Gasteiger partial charge is 0.329 e. The normalized spacial score (nSPS) is 19.5. The number of aliphatic hydroxyl groups is 1. The van der Waals surface area contributed by atoms with Gasteiger partial charge in [-0.1, -0.05) is 98.3 Å². The second-order valence-corrected chi connectivity index (χ2v) is 37.5. The van der Waals surface area contributed by atoms with Gasteiger partial charge in [-0.3, -0.25) is 86.3 Å². The van der Waals surface area contributed by atoms with Crippen LogP contribution in [0.2, 0.25) is 0 Å². The molecule has 0 bridgehead atoms.